The van der Waals surface area contributed by atoms with Crippen molar-refractivity contribution in [3.63, 3.8) is 0 Å². The van der Waals surface area contributed by atoms with E-state index >= 15 is 0 Å². The lowest BCUT2D eigenvalue weighted by Crippen LogP contribution is -2.07. The van der Waals surface area contributed by atoms with E-state index in [-0.39, 0.29) is 5.91 Å². The lowest BCUT2D eigenvalue weighted by Gasteiger charge is -1.93. The number of thiophene rings is 1. The van der Waals surface area contributed by atoms with Crippen molar-refractivity contribution >= 4 is 33.4 Å². The van der Waals surface area contributed by atoms with Crippen LogP contribution in [0.4, 0.5) is 0 Å². The molecule has 1 amide bonds. The largest absolute Gasteiger partial charge is 0.369 e. The van der Waals surface area contributed by atoms with Gasteiger partial charge in [0.25, 0.3) is 0 Å². The molecule has 0 saturated heterocycles. The number of carbonyl (C=O) groups excluding carboxylic acids is 1. The normalized spacial score (nSPS) is 11.2. The highest BCUT2D eigenvalue weighted by Gasteiger charge is 1.94. The van der Waals surface area contributed by atoms with E-state index in [1.807, 2.05) is 12.1 Å². The van der Waals surface area contributed by atoms with Crippen molar-refractivity contribution in [2.24, 2.45) is 5.73 Å². The SMILES string of the molecule is NC(=O)CC=Cc1ccc2sccc2c1. The summed E-state index contributed by atoms with van der Waals surface area (Å²) < 4.78 is 1.28. The van der Waals surface area contributed by atoms with Crippen LogP contribution in [0.3, 0.4) is 0 Å². The van der Waals surface area contributed by atoms with Crippen molar-refractivity contribution in [2.45, 2.75) is 6.42 Å². The van der Waals surface area contributed by atoms with Crippen LogP contribution in [0.5, 0.6) is 0 Å². The van der Waals surface area contributed by atoms with Gasteiger partial charge in [-0.3, -0.25) is 4.79 Å². The number of carbonyl (C=O) groups is 1. The van der Waals surface area contributed by atoms with Gasteiger partial charge in [-0.2, -0.15) is 0 Å². The number of rotatable bonds is 3. The summed E-state index contributed by atoms with van der Waals surface area (Å²) in [5.41, 5.74) is 6.14. The van der Waals surface area contributed by atoms with Crippen LogP contribution in [0.15, 0.2) is 35.7 Å². The molecule has 2 aromatic rings. The molecule has 15 heavy (non-hydrogen) atoms. The van der Waals surface area contributed by atoms with Crippen molar-refractivity contribution in [2.75, 3.05) is 0 Å². The maximum atomic E-state index is 10.5. The molecule has 0 aliphatic carbocycles. The summed E-state index contributed by atoms with van der Waals surface area (Å²) in [6, 6.07) is 8.31. The lowest BCUT2D eigenvalue weighted by atomic mass is 10.1. The number of primary amides is 1. The predicted molar refractivity (Wildman–Crippen MR) is 64.7 cm³/mol. The minimum atomic E-state index is -0.303. The zero-order chi connectivity index (χ0) is 10.7. The highest BCUT2D eigenvalue weighted by molar-refractivity contribution is 7.17. The van der Waals surface area contributed by atoms with Gasteiger partial charge in [0.15, 0.2) is 0 Å². The third kappa shape index (κ3) is 2.44. The molecule has 0 fully saturated rings. The Hall–Kier alpha value is -1.61. The molecule has 2 N–H and O–H groups in total. The van der Waals surface area contributed by atoms with E-state index in [0.29, 0.717) is 6.42 Å². The predicted octanol–water partition coefficient (Wildman–Crippen LogP) is 2.79. The van der Waals surface area contributed by atoms with E-state index in [9.17, 15) is 4.79 Å². The summed E-state index contributed by atoms with van der Waals surface area (Å²) in [6.45, 7) is 0. The first kappa shape index (κ1) is 9.93. The Balaban J connectivity index is 2.21. The molecule has 1 heterocycles. The van der Waals surface area contributed by atoms with Gasteiger partial charge in [0.05, 0.1) is 0 Å². The topological polar surface area (TPSA) is 43.1 Å². The van der Waals surface area contributed by atoms with E-state index in [1.165, 1.54) is 10.1 Å². The van der Waals surface area contributed by atoms with Crippen molar-refractivity contribution < 1.29 is 4.79 Å². The first-order chi connectivity index (χ1) is 7.25. The van der Waals surface area contributed by atoms with Gasteiger partial charge in [-0.1, -0.05) is 18.2 Å². The van der Waals surface area contributed by atoms with Crippen LogP contribution in [0.1, 0.15) is 12.0 Å². The van der Waals surface area contributed by atoms with Gasteiger partial charge in [0.2, 0.25) is 5.91 Å². The second-order valence-corrected chi connectivity index (χ2v) is 4.24. The Bertz CT molecular complexity index is 513. The van der Waals surface area contributed by atoms with Gasteiger partial charge in [0, 0.05) is 11.1 Å². The Kier molecular flexibility index (Phi) is 2.83. The Morgan fingerprint density at radius 2 is 2.27 bits per heavy atom. The molecule has 1 aromatic carbocycles. The summed E-state index contributed by atoms with van der Waals surface area (Å²) in [6.07, 6.45) is 4.00. The third-order valence-corrected chi connectivity index (χ3v) is 3.00. The first-order valence-corrected chi connectivity index (χ1v) is 5.56. The molecule has 0 spiro atoms. The smallest absolute Gasteiger partial charge is 0.221 e. The molecule has 0 saturated carbocycles. The number of nitrogens with two attached hydrogens (primary N) is 1. The maximum absolute atomic E-state index is 10.5. The van der Waals surface area contributed by atoms with Gasteiger partial charge in [0.1, 0.15) is 0 Å². The standard InChI is InChI=1S/C12H11NOS/c13-12(14)3-1-2-9-4-5-11-10(8-9)6-7-15-11/h1-2,4-8H,3H2,(H2,13,14). The molecule has 3 heteroatoms. The fraction of sp³-hybridized carbons (Fsp3) is 0.0833. The lowest BCUT2D eigenvalue weighted by molar-refractivity contribution is -0.117. The van der Waals surface area contributed by atoms with Crippen molar-refractivity contribution in [1.82, 2.24) is 0 Å². The molecule has 0 unspecified atom stereocenters. The van der Waals surface area contributed by atoms with Crippen molar-refractivity contribution in [1.29, 1.82) is 0 Å². The zero-order valence-electron chi connectivity index (χ0n) is 8.14. The molecule has 1 aromatic heterocycles. The van der Waals surface area contributed by atoms with Crippen molar-refractivity contribution in [3.05, 3.63) is 41.3 Å². The molecule has 0 aliphatic heterocycles. The molecule has 0 radical (unpaired) electrons. The summed E-state index contributed by atoms with van der Waals surface area (Å²) in [7, 11) is 0. The quantitative estimate of drug-likeness (QED) is 0.844. The van der Waals surface area contributed by atoms with Crippen LogP contribution in [-0.2, 0) is 4.79 Å². The van der Waals surface area contributed by atoms with E-state index < -0.39 is 0 Å². The van der Waals surface area contributed by atoms with Crippen LogP contribution in [-0.4, -0.2) is 5.91 Å². The van der Waals surface area contributed by atoms with Gasteiger partial charge < -0.3 is 5.73 Å². The molecule has 0 atom stereocenters. The van der Waals surface area contributed by atoms with Crippen LogP contribution in [0.2, 0.25) is 0 Å². The van der Waals surface area contributed by atoms with E-state index in [0.717, 1.165) is 5.56 Å². The van der Waals surface area contributed by atoms with Crippen LogP contribution in [0.25, 0.3) is 16.2 Å². The molecule has 0 bridgehead atoms. The highest BCUT2D eigenvalue weighted by atomic mass is 32.1. The van der Waals surface area contributed by atoms with Gasteiger partial charge in [-0.25, -0.2) is 0 Å². The molecule has 0 aliphatic rings. The summed E-state index contributed by atoms with van der Waals surface area (Å²) in [4.78, 5) is 10.5. The number of hydrogen-bond acceptors (Lipinski definition) is 2. The maximum Gasteiger partial charge on any atom is 0.221 e. The molecule has 76 valence electrons. The average molecular weight is 217 g/mol. The van der Waals surface area contributed by atoms with Gasteiger partial charge in [-0.05, 0) is 34.5 Å². The van der Waals surface area contributed by atoms with Crippen molar-refractivity contribution in [3.8, 4) is 0 Å². The Morgan fingerprint density at radius 3 is 3.07 bits per heavy atom. The molecular weight excluding hydrogens is 206 g/mol. The highest BCUT2D eigenvalue weighted by Crippen LogP contribution is 2.22. The fourth-order valence-corrected chi connectivity index (χ4v) is 2.17. The minimum absolute atomic E-state index is 0.293. The summed E-state index contributed by atoms with van der Waals surface area (Å²) in [5.74, 6) is -0.303. The number of amides is 1. The van der Waals surface area contributed by atoms with E-state index in [1.54, 1.807) is 17.4 Å². The Morgan fingerprint density at radius 1 is 1.40 bits per heavy atom. The first-order valence-electron chi connectivity index (χ1n) is 4.68. The van der Waals surface area contributed by atoms with Gasteiger partial charge in [-0.15, -0.1) is 11.3 Å². The minimum Gasteiger partial charge on any atom is -0.369 e. The second-order valence-electron chi connectivity index (χ2n) is 3.29. The Labute approximate surface area is 92.0 Å². The monoisotopic (exact) mass is 217 g/mol. The van der Waals surface area contributed by atoms with Crippen LogP contribution in [0, 0.1) is 0 Å². The van der Waals surface area contributed by atoms with E-state index in [4.69, 9.17) is 5.73 Å². The number of benzene rings is 1. The van der Waals surface area contributed by atoms with Gasteiger partial charge >= 0.3 is 0 Å². The second kappa shape index (κ2) is 4.28. The summed E-state index contributed by atoms with van der Waals surface area (Å²) >= 11 is 1.73. The number of hydrogen-bond donors (Lipinski definition) is 1. The number of fused-ring (bicyclic) bond motifs is 1. The average Bonchev–Trinajstić information content (AvgIpc) is 2.64. The molecule has 2 rings (SSSR count). The third-order valence-electron chi connectivity index (χ3n) is 2.11. The van der Waals surface area contributed by atoms with Crippen LogP contribution < -0.4 is 5.73 Å². The summed E-state index contributed by atoms with van der Waals surface area (Å²) in [5, 5.41) is 3.31. The molecular formula is C12H11NOS. The molecule has 2 nitrogen and oxygen atoms in total. The van der Waals surface area contributed by atoms with E-state index in [2.05, 4.69) is 23.6 Å². The zero-order valence-corrected chi connectivity index (χ0v) is 8.96. The van der Waals surface area contributed by atoms with Crippen LogP contribution >= 0.6 is 11.3 Å². The fourth-order valence-electron chi connectivity index (χ4n) is 1.40.